The van der Waals surface area contributed by atoms with Crippen molar-refractivity contribution in [2.75, 3.05) is 6.54 Å². The summed E-state index contributed by atoms with van der Waals surface area (Å²) in [5.41, 5.74) is 2.14. The van der Waals surface area contributed by atoms with E-state index in [0.29, 0.717) is 5.56 Å². The van der Waals surface area contributed by atoms with E-state index in [-0.39, 0.29) is 30.3 Å². The van der Waals surface area contributed by atoms with E-state index in [1.165, 1.54) is 4.90 Å². The molecule has 0 aliphatic rings. The predicted octanol–water partition coefficient (Wildman–Crippen LogP) is 5.21. The summed E-state index contributed by atoms with van der Waals surface area (Å²) >= 11 is 0. The Morgan fingerprint density at radius 2 is 1.71 bits per heavy atom. The van der Waals surface area contributed by atoms with Gasteiger partial charge in [-0.1, -0.05) is 51.5 Å². The van der Waals surface area contributed by atoms with Crippen LogP contribution in [-0.4, -0.2) is 47.0 Å². The fourth-order valence-electron chi connectivity index (χ4n) is 3.82. The summed E-state index contributed by atoms with van der Waals surface area (Å²) in [4.78, 5) is 41.5. The highest BCUT2D eigenvalue weighted by Gasteiger charge is 2.37. The molecular weight excluding hydrogens is 442 g/mol. The molecule has 3 atom stereocenters. The second kappa shape index (κ2) is 13.3. The van der Waals surface area contributed by atoms with Crippen LogP contribution in [0.15, 0.2) is 30.9 Å². The number of carbonyl (C=O) groups is 3. The standard InChI is InChI=1S/C28H45N3O4/c1-11-13-21(7)29-25(32)24(22-15-14-19(5)20(6)17-22)31(16-12-2)26(33)23(18(3)4)30-27(34)35-28(8,9)10/h12,14-15,17-18,21,23-24H,2,11,13,16H2,1,3-10H3,(H,29,32)(H,30,34). The SMILES string of the molecule is C=CCN(C(=O)C(NC(=O)OC(C)(C)C)C(C)C)C(C(=O)NC(C)CCC)c1ccc(C)c(C)c1. The summed E-state index contributed by atoms with van der Waals surface area (Å²) in [6, 6.07) is 3.99. The third-order valence-electron chi connectivity index (χ3n) is 5.73. The first-order valence-corrected chi connectivity index (χ1v) is 12.5. The van der Waals surface area contributed by atoms with Gasteiger partial charge in [0.05, 0.1) is 0 Å². The van der Waals surface area contributed by atoms with Crippen LogP contribution in [0.4, 0.5) is 4.79 Å². The van der Waals surface area contributed by atoms with Crippen molar-refractivity contribution in [3.05, 3.63) is 47.5 Å². The molecule has 0 saturated carbocycles. The molecule has 0 heterocycles. The van der Waals surface area contributed by atoms with Crippen LogP contribution in [-0.2, 0) is 14.3 Å². The van der Waals surface area contributed by atoms with Gasteiger partial charge in [0.25, 0.3) is 0 Å². The zero-order valence-corrected chi connectivity index (χ0v) is 23.0. The molecule has 7 nitrogen and oxygen atoms in total. The molecule has 7 heteroatoms. The molecule has 0 aliphatic heterocycles. The minimum absolute atomic E-state index is 0.0389. The maximum absolute atomic E-state index is 13.9. The summed E-state index contributed by atoms with van der Waals surface area (Å²) in [6.07, 6.45) is 2.68. The highest BCUT2D eigenvalue weighted by Crippen LogP contribution is 2.26. The molecule has 1 rings (SSSR count). The van der Waals surface area contributed by atoms with E-state index in [2.05, 4.69) is 24.1 Å². The molecule has 35 heavy (non-hydrogen) atoms. The largest absolute Gasteiger partial charge is 0.444 e. The Bertz CT molecular complexity index is 889. The molecule has 0 fully saturated rings. The Labute approximate surface area is 211 Å². The number of nitrogens with one attached hydrogen (secondary N) is 2. The fraction of sp³-hybridized carbons (Fsp3) is 0.607. The maximum atomic E-state index is 13.9. The predicted molar refractivity (Wildman–Crippen MR) is 141 cm³/mol. The Kier molecular flexibility index (Phi) is 11.5. The molecule has 0 spiro atoms. The summed E-state index contributed by atoms with van der Waals surface area (Å²) in [5, 5.41) is 5.79. The van der Waals surface area contributed by atoms with Crippen LogP contribution in [0.5, 0.6) is 0 Å². The Morgan fingerprint density at radius 1 is 1.09 bits per heavy atom. The van der Waals surface area contributed by atoms with Crippen molar-refractivity contribution in [2.24, 2.45) is 5.92 Å². The van der Waals surface area contributed by atoms with Gasteiger partial charge in [-0.15, -0.1) is 6.58 Å². The van der Waals surface area contributed by atoms with Gasteiger partial charge in [0.1, 0.15) is 17.7 Å². The minimum atomic E-state index is -0.875. The number of ether oxygens (including phenoxy) is 1. The zero-order valence-electron chi connectivity index (χ0n) is 23.0. The molecule has 3 amide bonds. The van der Waals surface area contributed by atoms with Gasteiger partial charge in [0.15, 0.2) is 0 Å². The average molecular weight is 488 g/mol. The Morgan fingerprint density at radius 3 is 2.20 bits per heavy atom. The number of hydrogen-bond acceptors (Lipinski definition) is 4. The lowest BCUT2D eigenvalue weighted by Crippen LogP contribution is -2.55. The lowest BCUT2D eigenvalue weighted by Gasteiger charge is -2.35. The Balaban J connectivity index is 3.47. The number of rotatable bonds is 11. The van der Waals surface area contributed by atoms with Crippen molar-refractivity contribution in [2.45, 2.75) is 98.9 Å². The van der Waals surface area contributed by atoms with Gasteiger partial charge in [0.2, 0.25) is 11.8 Å². The van der Waals surface area contributed by atoms with Crippen LogP contribution in [0, 0.1) is 19.8 Å². The van der Waals surface area contributed by atoms with E-state index in [9.17, 15) is 14.4 Å². The third kappa shape index (κ3) is 9.38. The molecule has 0 bridgehead atoms. The highest BCUT2D eigenvalue weighted by molar-refractivity contribution is 5.92. The summed E-state index contributed by atoms with van der Waals surface area (Å²) in [5.74, 6) is -0.860. The molecule has 0 radical (unpaired) electrons. The van der Waals surface area contributed by atoms with Crippen molar-refractivity contribution >= 4 is 17.9 Å². The van der Waals surface area contributed by atoms with Crippen LogP contribution in [0.25, 0.3) is 0 Å². The second-order valence-electron chi connectivity index (χ2n) is 10.6. The van der Waals surface area contributed by atoms with E-state index >= 15 is 0 Å². The summed E-state index contributed by atoms with van der Waals surface area (Å²) < 4.78 is 5.39. The summed E-state index contributed by atoms with van der Waals surface area (Å²) in [7, 11) is 0. The highest BCUT2D eigenvalue weighted by atomic mass is 16.6. The van der Waals surface area contributed by atoms with E-state index in [1.807, 2.05) is 52.8 Å². The molecule has 0 aromatic heterocycles. The van der Waals surface area contributed by atoms with Gasteiger partial charge >= 0.3 is 6.09 Å². The molecule has 196 valence electrons. The van der Waals surface area contributed by atoms with Crippen LogP contribution in [0.2, 0.25) is 0 Å². The maximum Gasteiger partial charge on any atom is 0.408 e. The lowest BCUT2D eigenvalue weighted by atomic mass is 9.96. The second-order valence-corrected chi connectivity index (χ2v) is 10.6. The number of hydrogen-bond donors (Lipinski definition) is 2. The number of aryl methyl sites for hydroxylation is 2. The molecular formula is C28H45N3O4. The monoisotopic (exact) mass is 487 g/mol. The van der Waals surface area contributed by atoms with Gasteiger partial charge < -0.3 is 20.3 Å². The normalized spacial score (nSPS) is 14.0. The molecule has 0 saturated heterocycles. The van der Waals surface area contributed by atoms with Crippen LogP contribution < -0.4 is 10.6 Å². The number of nitrogens with zero attached hydrogens (tertiary/aromatic N) is 1. The van der Waals surface area contributed by atoms with Gasteiger partial charge in [-0.25, -0.2) is 4.79 Å². The molecule has 2 N–H and O–H groups in total. The lowest BCUT2D eigenvalue weighted by molar-refractivity contribution is -0.142. The number of amides is 3. The molecule has 3 unspecified atom stereocenters. The van der Waals surface area contributed by atoms with Crippen molar-refractivity contribution in [1.82, 2.24) is 15.5 Å². The first-order valence-electron chi connectivity index (χ1n) is 12.5. The van der Waals surface area contributed by atoms with Gasteiger partial charge in [-0.3, -0.25) is 9.59 Å². The summed E-state index contributed by atoms with van der Waals surface area (Å²) in [6.45, 7) is 21.0. The average Bonchev–Trinajstić information content (AvgIpc) is 2.72. The van der Waals surface area contributed by atoms with Crippen molar-refractivity contribution in [1.29, 1.82) is 0 Å². The van der Waals surface area contributed by atoms with E-state index in [1.54, 1.807) is 26.8 Å². The zero-order chi connectivity index (χ0) is 26.9. The first kappa shape index (κ1) is 30.2. The molecule has 1 aromatic carbocycles. The number of carbonyl (C=O) groups excluding carboxylic acids is 3. The minimum Gasteiger partial charge on any atom is -0.444 e. The van der Waals surface area contributed by atoms with Crippen LogP contribution >= 0.6 is 0 Å². The van der Waals surface area contributed by atoms with E-state index < -0.39 is 23.8 Å². The van der Waals surface area contributed by atoms with E-state index in [0.717, 1.165) is 24.0 Å². The number of benzene rings is 1. The quantitative estimate of drug-likeness (QED) is 0.419. The van der Waals surface area contributed by atoms with Crippen molar-refractivity contribution in [3.8, 4) is 0 Å². The molecule has 1 aromatic rings. The van der Waals surface area contributed by atoms with Crippen molar-refractivity contribution in [3.63, 3.8) is 0 Å². The van der Waals surface area contributed by atoms with Gasteiger partial charge in [-0.05, 0) is 70.6 Å². The van der Waals surface area contributed by atoms with Gasteiger partial charge in [0, 0.05) is 12.6 Å². The fourth-order valence-corrected chi connectivity index (χ4v) is 3.82. The van der Waals surface area contributed by atoms with E-state index in [4.69, 9.17) is 4.74 Å². The smallest absolute Gasteiger partial charge is 0.408 e. The van der Waals surface area contributed by atoms with Gasteiger partial charge in [-0.2, -0.15) is 0 Å². The third-order valence-corrected chi connectivity index (χ3v) is 5.73. The topological polar surface area (TPSA) is 87.7 Å². The molecule has 0 aliphatic carbocycles. The van der Waals surface area contributed by atoms with Crippen LogP contribution in [0.1, 0.15) is 84.0 Å². The number of alkyl carbamates (subject to hydrolysis) is 1. The Hall–Kier alpha value is -2.83. The first-order chi connectivity index (χ1) is 16.2. The van der Waals surface area contributed by atoms with Crippen molar-refractivity contribution < 1.29 is 19.1 Å². The van der Waals surface area contributed by atoms with Crippen LogP contribution in [0.3, 0.4) is 0 Å².